The topological polar surface area (TPSA) is 20.2 Å². The zero-order chi connectivity index (χ0) is 12.3. The van der Waals surface area contributed by atoms with Gasteiger partial charge in [-0.2, -0.15) is 0 Å². The molecule has 1 aromatic carbocycles. The Balaban J connectivity index is 0.00000289. The van der Waals surface area contributed by atoms with Crippen LogP contribution in [0.25, 0.3) is 0 Å². The fourth-order valence-corrected chi connectivity index (χ4v) is 2.13. The fraction of sp³-hybridized carbons (Fsp3) is 0.625. The van der Waals surface area contributed by atoms with Gasteiger partial charge in [-0.25, -0.2) is 0 Å². The maximum atomic E-state index is 9.17. The van der Waals surface area contributed by atoms with E-state index in [1.165, 1.54) is 56.9 Å². The van der Waals surface area contributed by atoms with Crippen molar-refractivity contribution in [2.24, 2.45) is 0 Å². The van der Waals surface area contributed by atoms with Gasteiger partial charge in [0.25, 0.3) is 0 Å². The Morgan fingerprint density at radius 3 is 1.83 bits per heavy atom. The van der Waals surface area contributed by atoms with Crippen LogP contribution in [-0.2, 0) is 6.42 Å². The molecule has 0 aliphatic carbocycles. The van der Waals surface area contributed by atoms with E-state index in [9.17, 15) is 0 Å². The number of phenols is 1. The van der Waals surface area contributed by atoms with Gasteiger partial charge in [-0.1, -0.05) is 64.0 Å². The molecule has 1 rings (SSSR count). The average Bonchev–Trinajstić information content (AvgIpc) is 2.35. The van der Waals surface area contributed by atoms with Crippen LogP contribution >= 0.6 is 0 Å². The normalized spacial score (nSPS) is 10.1. The Hall–Kier alpha value is -0.383. The summed E-state index contributed by atoms with van der Waals surface area (Å²) in [7, 11) is 0. The third kappa shape index (κ3) is 8.67. The second-order valence-electron chi connectivity index (χ2n) is 4.89. The van der Waals surface area contributed by atoms with E-state index < -0.39 is 0 Å². The molecule has 1 N–H and O–H groups in total. The van der Waals surface area contributed by atoms with E-state index in [1.807, 2.05) is 12.1 Å². The Labute approximate surface area is 124 Å². The van der Waals surface area contributed by atoms with Gasteiger partial charge in [0.2, 0.25) is 0 Å². The van der Waals surface area contributed by atoms with Crippen molar-refractivity contribution in [3.8, 4) is 5.75 Å². The van der Waals surface area contributed by atoms with Crippen LogP contribution in [0, 0.1) is 0 Å². The molecular weight excluding hydrogens is 215 g/mol. The standard InChI is InChI=1S/C16H26O.Li.H/c1-2-3-4-5-6-7-8-9-10-15-11-13-16(17)14-12-15;;/h11-14,17H,2-10H2,1H3;;. The number of benzene rings is 1. The Morgan fingerprint density at radius 1 is 0.778 bits per heavy atom. The van der Waals surface area contributed by atoms with Crippen molar-refractivity contribution < 1.29 is 5.11 Å². The number of hydrogen-bond acceptors (Lipinski definition) is 1. The summed E-state index contributed by atoms with van der Waals surface area (Å²) >= 11 is 0. The van der Waals surface area contributed by atoms with Crippen LogP contribution in [0.15, 0.2) is 24.3 Å². The SMILES string of the molecule is CCCCCCCCCCc1ccc(O)cc1.[LiH]. The molecule has 0 spiro atoms. The summed E-state index contributed by atoms with van der Waals surface area (Å²) in [6, 6.07) is 7.60. The van der Waals surface area contributed by atoms with Crippen LogP contribution in [0.3, 0.4) is 0 Å². The van der Waals surface area contributed by atoms with Crippen LogP contribution in [0.1, 0.15) is 63.9 Å². The molecule has 0 unspecified atom stereocenters. The van der Waals surface area contributed by atoms with Crippen LogP contribution in [0.4, 0.5) is 0 Å². The Morgan fingerprint density at radius 2 is 1.28 bits per heavy atom. The zero-order valence-corrected chi connectivity index (χ0v) is 11.1. The molecule has 1 aromatic rings. The number of unbranched alkanes of at least 4 members (excludes halogenated alkanes) is 7. The van der Waals surface area contributed by atoms with Crippen molar-refractivity contribution in [1.82, 2.24) is 0 Å². The first kappa shape index (κ1) is 17.6. The Kier molecular flexibility index (Phi) is 11.4. The average molecular weight is 242 g/mol. The van der Waals surface area contributed by atoms with E-state index in [-0.39, 0.29) is 18.9 Å². The quantitative estimate of drug-likeness (QED) is 0.502. The number of aromatic hydroxyl groups is 1. The molecule has 0 atom stereocenters. The van der Waals surface area contributed by atoms with Gasteiger partial charge in [0, 0.05) is 0 Å². The van der Waals surface area contributed by atoms with Crippen LogP contribution in [-0.4, -0.2) is 24.0 Å². The minimum atomic E-state index is 0. The molecule has 0 aliphatic heterocycles. The molecule has 0 heterocycles. The van der Waals surface area contributed by atoms with Crippen molar-refractivity contribution in [3.05, 3.63) is 29.8 Å². The molecule has 98 valence electrons. The first-order valence-electron chi connectivity index (χ1n) is 7.11. The molecule has 0 aliphatic rings. The summed E-state index contributed by atoms with van der Waals surface area (Å²) in [5, 5.41) is 9.17. The third-order valence-electron chi connectivity index (χ3n) is 3.26. The van der Waals surface area contributed by atoms with Crippen molar-refractivity contribution in [2.45, 2.75) is 64.7 Å². The van der Waals surface area contributed by atoms with Crippen LogP contribution in [0.2, 0.25) is 0 Å². The number of aryl methyl sites for hydroxylation is 1. The number of hydrogen-bond donors (Lipinski definition) is 1. The van der Waals surface area contributed by atoms with Gasteiger partial charge in [0.05, 0.1) is 0 Å². The summed E-state index contributed by atoms with van der Waals surface area (Å²) in [6.07, 6.45) is 12.1. The van der Waals surface area contributed by atoms with Gasteiger partial charge in [0.1, 0.15) is 5.75 Å². The Bertz CT molecular complexity index is 282. The summed E-state index contributed by atoms with van der Waals surface area (Å²) in [6.45, 7) is 2.26. The molecule has 0 bridgehead atoms. The van der Waals surface area contributed by atoms with Gasteiger partial charge in [-0.05, 0) is 30.5 Å². The van der Waals surface area contributed by atoms with Gasteiger partial charge in [-0.3, -0.25) is 0 Å². The molecule has 0 fully saturated rings. The van der Waals surface area contributed by atoms with Crippen LogP contribution < -0.4 is 0 Å². The molecule has 1 nitrogen and oxygen atoms in total. The predicted molar refractivity (Wildman–Crippen MR) is 81.6 cm³/mol. The van der Waals surface area contributed by atoms with E-state index in [4.69, 9.17) is 5.11 Å². The molecule has 18 heavy (non-hydrogen) atoms. The number of rotatable bonds is 9. The fourth-order valence-electron chi connectivity index (χ4n) is 2.13. The predicted octanol–water partition coefficient (Wildman–Crippen LogP) is 4.43. The van der Waals surface area contributed by atoms with Crippen molar-refractivity contribution in [3.63, 3.8) is 0 Å². The monoisotopic (exact) mass is 242 g/mol. The molecular formula is C16H27LiO. The van der Waals surface area contributed by atoms with Crippen molar-refractivity contribution >= 4 is 18.9 Å². The van der Waals surface area contributed by atoms with Gasteiger partial charge < -0.3 is 5.11 Å². The minimum absolute atomic E-state index is 0. The molecule has 0 aromatic heterocycles. The molecule has 0 radical (unpaired) electrons. The summed E-state index contributed by atoms with van der Waals surface area (Å²) < 4.78 is 0. The molecule has 0 amide bonds. The summed E-state index contributed by atoms with van der Waals surface area (Å²) in [5.41, 5.74) is 1.34. The second-order valence-corrected chi connectivity index (χ2v) is 4.89. The number of phenolic OH excluding ortho intramolecular Hbond substituents is 1. The van der Waals surface area contributed by atoms with Crippen molar-refractivity contribution in [2.75, 3.05) is 0 Å². The molecule has 2 heteroatoms. The molecule has 0 saturated carbocycles. The van der Waals surface area contributed by atoms with Crippen LogP contribution in [0.5, 0.6) is 5.75 Å². The van der Waals surface area contributed by atoms with E-state index in [1.54, 1.807) is 12.1 Å². The summed E-state index contributed by atoms with van der Waals surface area (Å²) in [4.78, 5) is 0. The van der Waals surface area contributed by atoms with Gasteiger partial charge >= 0.3 is 18.9 Å². The van der Waals surface area contributed by atoms with Crippen molar-refractivity contribution in [1.29, 1.82) is 0 Å². The van der Waals surface area contributed by atoms with E-state index >= 15 is 0 Å². The third-order valence-corrected chi connectivity index (χ3v) is 3.26. The van der Waals surface area contributed by atoms with E-state index in [0.717, 1.165) is 6.42 Å². The second kappa shape index (κ2) is 11.7. The maximum absolute atomic E-state index is 9.17. The zero-order valence-electron chi connectivity index (χ0n) is 11.1. The summed E-state index contributed by atoms with van der Waals surface area (Å²) in [5.74, 6) is 0.365. The van der Waals surface area contributed by atoms with Gasteiger partial charge in [0.15, 0.2) is 0 Å². The van der Waals surface area contributed by atoms with E-state index in [0.29, 0.717) is 5.75 Å². The molecule has 0 saturated heterocycles. The van der Waals surface area contributed by atoms with Gasteiger partial charge in [-0.15, -0.1) is 0 Å². The first-order chi connectivity index (χ1) is 8.33. The van der Waals surface area contributed by atoms with E-state index in [2.05, 4.69) is 6.92 Å². The first-order valence-corrected chi connectivity index (χ1v) is 7.11.